The van der Waals surface area contributed by atoms with Gasteiger partial charge in [0.05, 0.1) is 0 Å². The first-order valence-electron chi connectivity index (χ1n) is 8.91. The first-order chi connectivity index (χ1) is 12.0. The lowest BCUT2D eigenvalue weighted by atomic mass is 9.53. The molecule has 4 aliphatic carbocycles. The zero-order chi connectivity index (χ0) is 17.4. The molecule has 1 aromatic heterocycles. The molecular formula is C19H22INO4. The standard InChI is InChI=1S/C19H22INO4/c20-16-3-1-15(25-16)2-4-18(23)24-11-17(22)21-19-8-12-5-13(9-19)7-14(6-12)10-19/h1-4,12-14H,5-11H2,(H,21,22)/b4-2+. The second kappa shape index (κ2) is 6.78. The highest BCUT2D eigenvalue weighted by Gasteiger charge is 2.51. The van der Waals surface area contributed by atoms with Crippen molar-refractivity contribution in [3.05, 3.63) is 27.7 Å². The lowest BCUT2D eigenvalue weighted by molar-refractivity contribution is -0.145. The zero-order valence-corrected chi connectivity index (χ0v) is 16.2. The predicted octanol–water partition coefficient (Wildman–Crippen LogP) is 3.53. The van der Waals surface area contributed by atoms with Gasteiger partial charge in [-0.15, -0.1) is 0 Å². The number of ether oxygens (including phenoxy) is 1. The first kappa shape index (κ1) is 17.1. The molecule has 5 rings (SSSR count). The Bertz CT molecular complexity index is 673. The first-order valence-corrected chi connectivity index (χ1v) is 9.99. The highest BCUT2D eigenvalue weighted by Crippen LogP contribution is 2.55. The summed E-state index contributed by atoms with van der Waals surface area (Å²) in [6.07, 6.45) is 10.1. The highest BCUT2D eigenvalue weighted by atomic mass is 127. The minimum Gasteiger partial charge on any atom is -0.452 e. The quantitative estimate of drug-likeness (QED) is 0.419. The summed E-state index contributed by atoms with van der Waals surface area (Å²) in [5, 5.41) is 3.20. The fourth-order valence-corrected chi connectivity index (χ4v) is 5.78. The molecule has 0 unspecified atom stereocenters. The van der Waals surface area contributed by atoms with Crippen LogP contribution in [0.5, 0.6) is 0 Å². The molecule has 1 N–H and O–H groups in total. The monoisotopic (exact) mass is 455 g/mol. The molecule has 0 radical (unpaired) electrons. The van der Waals surface area contributed by atoms with Crippen LogP contribution in [0.4, 0.5) is 0 Å². The Morgan fingerprint density at radius 2 is 1.84 bits per heavy atom. The Morgan fingerprint density at radius 1 is 1.20 bits per heavy atom. The Kier molecular flexibility index (Phi) is 4.64. The van der Waals surface area contributed by atoms with Gasteiger partial charge in [-0.3, -0.25) is 4.79 Å². The van der Waals surface area contributed by atoms with Crippen LogP contribution < -0.4 is 5.32 Å². The third-order valence-corrected chi connectivity index (χ3v) is 6.35. The van der Waals surface area contributed by atoms with E-state index in [-0.39, 0.29) is 18.1 Å². The van der Waals surface area contributed by atoms with E-state index in [1.165, 1.54) is 25.3 Å². The third kappa shape index (κ3) is 3.93. The molecule has 0 saturated heterocycles. The van der Waals surface area contributed by atoms with Crippen molar-refractivity contribution in [2.24, 2.45) is 17.8 Å². The minimum absolute atomic E-state index is 0.0427. The van der Waals surface area contributed by atoms with Crippen molar-refractivity contribution in [2.75, 3.05) is 6.61 Å². The second-order valence-corrected chi connectivity index (χ2v) is 8.89. The fraction of sp³-hybridized carbons (Fsp3) is 0.579. The topological polar surface area (TPSA) is 68.5 Å². The van der Waals surface area contributed by atoms with Crippen molar-refractivity contribution in [2.45, 2.75) is 44.1 Å². The van der Waals surface area contributed by atoms with Gasteiger partial charge >= 0.3 is 5.97 Å². The van der Waals surface area contributed by atoms with E-state index in [1.54, 1.807) is 12.1 Å². The van der Waals surface area contributed by atoms with E-state index in [9.17, 15) is 9.59 Å². The summed E-state index contributed by atoms with van der Waals surface area (Å²) in [5.74, 6) is 2.18. The molecule has 134 valence electrons. The number of hydrogen-bond acceptors (Lipinski definition) is 4. The lowest BCUT2D eigenvalue weighted by Crippen LogP contribution is -2.60. The molecule has 1 amide bonds. The molecule has 1 aromatic rings. The molecule has 4 aliphatic rings. The van der Waals surface area contributed by atoms with E-state index in [4.69, 9.17) is 9.15 Å². The van der Waals surface area contributed by atoms with Crippen LogP contribution in [0.1, 0.15) is 44.3 Å². The summed E-state index contributed by atoms with van der Waals surface area (Å²) in [6, 6.07) is 3.58. The van der Waals surface area contributed by atoms with Gasteiger partial charge in [0.1, 0.15) is 5.76 Å². The van der Waals surface area contributed by atoms with Gasteiger partial charge in [-0.2, -0.15) is 0 Å². The number of hydrogen-bond donors (Lipinski definition) is 1. The number of furan rings is 1. The van der Waals surface area contributed by atoms with E-state index in [2.05, 4.69) is 27.9 Å². The van der Waals surface area contributed by atoms with Gasteiger partial charge < -0.3 is 14.5 Å². The van der Waals surface area contributed by atoms with Crippen LogP contribution >= 0.6 is 22.6 Å². The number of nitrogens with one attached hydrogen (secondary N) is 1. The number of carbonyl (C=O) groups is 2. The molecule has 5 nitrogen and oxygen atoms in total. The second-order valence-electron chi connectivity index (χ2n) is 7.83. The highest BCUT2D eigenvalue weighted by molar-refractivity contribution is 14.1. The summed E-state index contributed by atoms with van der Waals surface area (Å²) < 4.78 is 11.1. The number of esters is 1. The fourth-order valence-electron chi connectivity index (χ4n) is 5.35. The largest absolute Gasteiger partial charge is 0.452 e. The Labute approximate surface area is 160 Å². The number of rotatable bonds is 5. The molecule has 4 bridgehead atoms. The maximum absolute atomic E-state index is 12.3. The predicted molar refractivity (Wildman–Crippen MR) is 100 cm³/mol. The summed E-state index contributed by atoms with van der Waals surface area (Å²) >= 11 is 2.05. The molecule has 4 fully saturated rings. The smallest absolute Gasteiger partial charge is 0.331 e. The molecule has 0 atom stereocenters. The summed E-state index contributed by atoms with van der Waals surface area (Å²) in [4.78, 5) is 24.0. The summed E-state index contributed by atoms with van der Waals surface area (Å²) in [5.41, 5.74) is -0.0427. The SMILES string of the molecule is O=C(COC(=O)/C=C/c1ccc(I)o1)NC12CC3CC(CC(C3)C1)C2. The van der Waals surface area contributed by atoms with Crippen molar-refractivity contribution in [3.8, 4) is 0 Å². The maximum atomic E-state index is 12.3. The average Bonchev–Trinajstić information content (AvgIpc) is 2.94. The zero-order valence-electron chi connectivity index (χ0n) is 14.0. The van der Waals surface area contributed by atoms with Crippen LogP contribution in [0.25, 0.3) is 6.08 Å². The van der Waals surface area contributed by atoms with Crippen molar-refractivity contribution in [1.82, 2.24) is 5.32 Å². The van der Waals surface area contributed by atoms with Gasteiger partial charge in [0.15, 0.2) is 10.4 Å². The van der Waals surface area contributed by atoms with E-state index in [1.807, 2.05) is 6.07 Å². The Hall–Kier alpha value is -1.31. The third-order valence-electron chi connectivity index (χ3n) is 5.77. The molecule has 1 heterocycles. The maximum Gasteiger partial charge on any atom is 0.331 e. The van der Waals surface area contributed by atoms with Crippen LogP contribution in [0.2, 0.25) is 0 Å². The van der Waals surface area contributed by atoms with Crippen LogP contribution in [-0.2, 0) is 14.3 Å². The lowest BCUT2D eigenvalue weighted by Gasteiger charge is -2.56. The van der Waals surface area contributed by atoms with Gasteiger partial charge in [0.2, 0.25) is 0 Å². The Morgan fingerprint density at radius 3 is 2.40 bits per heavy atom. The van der Waals surface area contributed by atoms with Crippen molar-refractivity contribution in [1.29, 1.82) is 0 Å². The average molecular weight is 455 g/mol. The molecular weight excluding hydrogens is 433 g/mol. The number of halogens is 1. The van der Waals surface area contributed by atoms with E-state index < -0.39 is 5.97 Å². The van der Waals surface area contributed by atoms with E-state index in [0.29, 0.717) is 5.76 Å². The molecule has 25 heavy (non-hydrogen) atoms. The minimum atomic E-state index is -0.535. The van der Waals surface area contributed by atoms with Crippen LogP contribution in [0.3, 0.4) is 0 Å². The summed E-state index contributed by atoms with van der Waals surface area (Å²) in [6.45, 7) is -0.222. The number of carbonyl (C=O) groups excluding carboxylic acids is 2. The molecule has 0 aromatic carbocycles. The summed E-state index contributed by atoms with van der Waals surface area (Å²) in [7, 11) is 0. The van der Waals surface area contributed by atoms with Crippen LogP contribution in [0.15, 0.2) is 22.6 Å². The van der Waals surface area contributed by atoms with Gasteiger partial charge in [-0.05, 0) is 97.1 Å². The van der Waals surface area contributed by atoms with Gasteiger partial charge in [-0.25, -0.2) is 4.79 Å². The van der Waals surface area contributed by atoms with Crippen molar-refractivity contribution >= 4 is 40.5 Å². The Balaban J connectivity index is 1.26. The van der Waals surface area contributed by atoms with Gasteiger partial charge in [0.25, 0.3) is 5.91 Å². The van der Waals surface area contributed by atoms with Crippen molar-refractivity contribution in [3.63, 3.8) is 0 Å². The molecule has 0 spiro atoms. The van der Waals surface area contributed by atoms with E-state index in [0.717, 1.165) is 40.8 Å². The number of amides is 1. The van der Waals surface area contributed by atoms with Gasteiger partial charge in [-0.1, -0.05) is 0 Å². The van der Waals surface area contributed by atoms with Gasteiger partial charge in [0, 0.05) is 11.6 Å². The normalized spacial score (nSPS) is 32.9. The van der Waals surface area contributed by atoms with Crippen LogP contribution in [-0.4, -0.2) is 24.0 Å². The molecule has 4 saturated carbocycles. The molecule has 6 heteroatoms. The van der Waals surface area contributed by atoms with Crippen LogP contribution in [0, 0.1) is 21.5 Å². The van der Waals surface area contributed by atoms with E-state index >= 15 is 0 Å². The van der Waals surface area contributed by atoms with Crippen molar-refractivity contribution < 1.29 is 18.7 Å². The molecule has 0 aliphatic heterocycles.